The average Bonchev–Trinajstić information content (AvgIpc) is 2.37. The van der Waals surface area contributed by atoms with Crippen LogP contribution in [0.3, 0.4) is 0 Å². The molecular weight excluding hydrogens is 271 g/mol. The van der Waals surface area contributed by atoms with Crippen molar-refractivity contribution in [3.05, 3.63) is 59.7 Å². The monoisotopic (exact) mass is 300 g/mol. The Morgan fingerprint density at radius 1 is 0.619 bits per heavy atom. The Morgan fingerprint density at radius 2 is 1.19 bits per heavy atom. The van der Waals surface area contributed by atoms with Crippen LogP contribution in [0.5, 0.6) is 0 Å². The van der Waals surface area contributed by atoms with Crippen molar-refractivity contribution >= 4 is 9.90 Å². The molecular formula is C20H29P. The maximum Gasteiger partial charge on any atom is -0.0123 e. The van der Waals surface area contributed by atoms with E-state index in [2.05, 4.69) is 90.1 Å². The van der Waals surface area contributed by atoms with Gasteiger partial charge < -0.3 is 0 Å². The molecule has 2 aromatic rings. The molecule has 0 aromatic heterocycles. The van der Waals surface area contributed by atoms with Crippen LogP contribution in [-0.2, 0) is 10.8 Å². The fourth-order valence-electron chi connectivity index (χ4n) is 2.84. The van der Waals surface area contributed by atoms with E-state index >= 15 is 0 Å². The van der Waals surface area contributed by atoms with E-state index in [4.69, 9.17) is 0 Å². The third-order valence-corrected chi connectivity index (χ3v) is 3.71. The third kappa shape index (κ3) is 3.95. The van der Waals surface area contributed by atoms with Crippen LogP contribution < -0.4 is 0 Å². The summed E-state index contributed by atoms with van der Waals surface area (Å²) in [5.74, 6) is 0. The Balaban J connectivity index is 0.00000220. The van der Waals surface area contributed by atoms with Gasteiger partial charge in [0.1, 0.15) is 0 Å². The predicted molar refractivity (Wildman–Crippen MR) is 100 cm³/mol. The molecule has 0 aliphatic heterocycles. The molecule has 0 spiro atoms. The van der Waals surface area contributed by atoms with Gasteiger partial charge in [-0.3, -0.25) is 0 Å². The molecule has 0 nitrogen and oxygen atoms in total. The van der Waals surface area contributed by atoms with Crippen LogP contribution in [0.25, 0.3) is 11.1 Å². The highest BCUT2D eigenvalue weighted by Gasteiger charge is 2.27. The van der Waals surface area contributed by atoms with Gasteiger partial charge in [-0.15, -0.1) is 0 Å². The van der Waals surface area contributed by atoms with Crippen LogP contribution in [0.1, 0.15) is 52.7 Å². The first-order chi connectivity index (χ1) is 9.21. The van der Waals surface area contributed by atoms with Crippen LogP contribution in [0.2, 0.25) is 0 Å². The molecule has 0 saturated carbocycles. The molecule has 0 saturated heterocycles. The summed E-state index contributed by atoms with van der Waals surface area (Å²) in [6.45, 7) is 13.8. The van der Waals surface area contributed by atoms with Crippen molar-refractivity contribution in [2.24, 2.45) is 0 Å². The minimum Gasteiger partial charge on any atom is -0.153 e. The zero-order valence-corrected chi connectivity index (χ0v) is 15.7. The van der Waals surface area contributed by atoms with Gasteiger partial charge in [-0.05, 0) is 33.1 Å². The standard InChI is InChI=1S/C20H26.H3P/c1-19(2,3)17-14-10-13-16(18(17)20(4,5)6)15-11-8-7-9-12-15;/h7-14H,1-6H3;1H3. The fourth-order valence-corrected chi connectivity index (χ4v) is 2.84. The van der Waals surface area contributed by atoms with Crippen molar-refractivity contribution in [1.82, 2.24) is 0 Å². The molecule has 0 heterocycles. The molecule has 0 radical (unpaired) electrons. The summed E-state index contributed by atoms with van der Waals surface area (Å²) in [5.41, 5.74) is 5.89. The largest absolute Gasteiger partial charge is 0.153 e. The van der Waals surface area contributed by atoms with Crippen LogP contribution >= 0.6 is 9.90 Å². The van der Waals surface area contributed by atoms with Crippen molar-refractivity contribution in [2.45, 2.75) is 52.4 Å². The van der Waals surface area contributed by atoms with E-state index in [9.17, 15) is 0 Å². The Hall–Kier alpha value is -1.13. The van der Waals surface area contributed by atoms with Gasteiger partial charge in [0.2, 0.25) is 0 Å². The third-order valence-electron chi connectivity index (χ3n) is 3.71. The van der Waals surface area contributed by atoms with Crippen molar-refractivity contribution in [3.8, 4) is 11.1 Å². The fraction of sp³-hybridized carbons (Fsp3) is 0.400. The van der Waals surface area contributed by atoms with E-state index < -0.39 is 0 Å². The van der Waals surface area contributed by atoms with Gasteiger partial charge in [0, 0.05) is 0 Å². The van der Waals surface area contributed by atoms with Crippen molar-refractivity contribution < 1.29 is 0 Å². The molecule has 0 aliphatic rings. The lowest BCUT2D eigenvalue weighted by atomic mass is 9.72. The summed E-state index contributed by atoms with van der Waals surface area (Å²) in [7, 11) is 0. The zero-order valence-electron chi connectivity index (χ0n) is 14.3. The Morgan fingerprint density at radius 3 is 1.67 bits per heavy atom. The van der Waals surface area contributed by atoms with Crippen LogP contribution in [-0.4, -0.2) is 0 Å². The Kier molecular flexibility index (Phi) is 5.40. The second kappa shape index (κ2) is 6.32. The summed E-state index contributed by atoms with van der Waals surface area (Å²) in [6, 6.07) is 17.5. The van der Waals surface area contributed by atoms with E-state index in [0.29, 0.717) is 0 Å². The van der Waals surface area contributed by atoms with Gasteiger partial charge in [0.15, 0.2) is 0 Å². The molecule has 1 heteroatoms. The van der Waals surface area contributed by atoms with Gasteiger partial charge in [0.05, 0.1) is 0 Å². The minimum atomic E-state index is 0. The van der Waals surface area contributed by atoms with Gasteiger partial charge in [0.25, 0.3) is 0 Å². The molecule has 114 valence electrons. The summed E-state index contributed by atoms with van der Waals surface area (Å²) >= 11 is 0. The zero-order chi connectivity index (χ0) is 15.0. The van der Waals surface area contributed by atoms with E-state index in [0.717, 1.165) is 0 Å². The van der Waals surface area contributed by atoms with E-state index in [1.165, 1.54) is 22.3 Å². The smallest absolute Gasteiger partial charge is 0.0123 e. The topological polar surface area (TPSA) is 0 Å². The number of hydrogen-bond donors (Lipinski definition) is 0. The Bertz CT molecular complexity index is 583. The molecule has 21 heavy (non-hydrogen) atoms. The van der Waals surface area contributed by atoms with Crippen LogP contribution in [0.4, 0.5) is 0 Å². The number of rotatable bonds is 1. The molecule has 1 unspecified atom stereocenters. The molecule has 0 fully saturated rings. The van der Waals surface area contributed by atoms with Gasteiger partial charge in [-0.2, -0.15) is 9.90 Å². The summed E-state index contributed by atoms with van der Waals surface area (Å²) in [4.78, 5) is 0. The van der Waals surface area contributed by atoms with E-state index in [1.807, 2.05) is 0 Å². The lowest BCUT2D eigenvalue weighted by molar-refractivity contribution is 0.531. The van der Waals surface area contributed by atoms with Gasteiger partial charge >= 0.3 is 0 Å². The number of hydrogen-bond acceptors (Lipinski definition) is 0. The van der Waals surface area contributed by atoms with E-state index in [1.54, 1.807) is 0 Å². The summed E-state index contributed by atoms with van der Waals surface area (Å²) < 4.78 is 0. The Labute approximate surface area is 133 Å². The normalized spacial score (nSPS) is 11.9. The molecule has 0 aliphatic carbocycles. The molecule has 2 rings (SSSR count). The van der Waals surface area contributed by atoms with Crippen molar-refractivity contribution in [1.29, 1.82) is 0 Å². The first kappa shape index (κ1) is 17.9. The lowest BCUT2D eigenvalue weighted by Crippen LogP contribution is -2.22. The highest BCUT2D eigenvalue weighted by Crippen LogP contribution is 2.40. The van der Waals surface area contributed by atoms with Crippen LogP contribution in [0, 0.1) is 0 Å². The predicted octanol–water partition coefficient (Wildman–Crippen LogP) is 6.01. The summed E-state index contributed by atoms with van der Waals surface area (Å²) in [6.07, 6.45) is 0. The number of benzene rings is 2. The molecule has 0 amide bonds. The maximum atomic E-state index is 2.31. The molecule has 0 N–H and O–H groups in total. The maximum absolute atomic E-state index is 2.31. The second-order valence-electron chi connectivity index (χ2n) is 7.59. The minimum absolute atomic E-state index is 0. The second-order valence-corrected chi connectivity index (χ2v) is 7.59. The van der Waals surface area contributed by atoms with Gasteiger partial charge in [-0.25, -0.2) is 0 Å². The highest BCUT2D eigenvalue weighted by atomic mass is 31.0. The van der Waals surface area contributed by atoms with Crippen molar-refractivity contribution in [2.75, 3.05) is 0 Å². The summed E-state index contributed by atoms with van der Waals surface area (Å²) in [5, 5.41) is 0. The van der Waals surface area contributed by atoms with Crippen LogP contribution in [0.15, 0.2) is 48.5 Å². The molecule has 0 bridgehead atoms. The first-order valence-corrected chi connectivity index (χ1v) is 7.40. The molecule has 1 atom stereocenters. The lowest BCUT2D eigenvalue weighted by Gasteiger charge is -2.32. The van der Waals surface area contributed by atoms with Crippen molar-refractivity contribution in [3.63, 3.8) is 0 Å². The highest BCUT2D eigenvalue weighted by molar-refractivity contribution is 6.92. The SMILES string of the molecule is CC(C)(C)c1cccc(-c2ccccc2)c1C(C)(C)C.P. The van der Waals surface area contributed by atoms with E-state index in [-0.39, 0.29) is 20.7 Å². The molecule has 2 aromatic carbocycles. The first-order valence-electron chi connectivity index (χ1n) is 7.40. The average molecular weight is 300 g/mol. The quantitative estimate of drug-likeness (QED) is 0.566. The van der Waals surface area contributed by atoms with Gasteiger partial charge in [-0.1, -0.05) is 90.1 Å².